The van der Waals surface area contributed by atoms with Crippen LogP contribution in [0.2, 0.25) is 0 Å². The molecular formula is C13H19N3O. The van der Waals surface area contributed by atoms with Crippen LogP contribution in [0.4, 0.5) is 0 Å². The van der Waals surface area contributed by atoms with Gasteiger partial charge in [-0.3, -0.25) is 4.79 Å². The number of carbonyl (C=O) groups is 1. The summed E-state index contributed by atoms with van der Waals surface area (Å²) in [6.07, 6.45) is 1.25. The molecule has 92 valence electrons. The van der Waals surface area contributed by atoms with E-state index in [0.717, 1.165) is 18.5 Å². The Morgan fingerprint density at radius 1 is 1.41 bits per heavy atom. The maximum Gasteiger partial charge on any atom is 0.224 e. The van der Waals surface area contributed by atoms with Crippen molar-refractivity contribution in [2.45, 2.75) is 24.9 Å². The van der Waals surface area contributed by atoms with Crippen LogP contribution in [-0.2, 0) is 4.79 Å². The first-order chi connectivity index (χ1) is 8.16. The lowest BCUT2D eigenvalue weighted by molar-refractivity contribution is -0.130. The molecule has 4 N–H and O–H groups in total. The molecule has 4 nitrogen and oxygen atoms in total. The summed E-state index contributed by atoms with van der Waals surface area (Å²) in [4.78, 5) is 13.8. The molecule has 2 rings (SSSR count). The van der Waals surface area contributed by atoms with Crippen LogP contribution in [-0.4, -0.2) is 29.9 Å². The Bertz CT molecular complexity index is 380. The molecule has 2 atom stereocenters. The van der Waals surface area contributed by atoms with Gasteiger partial charge in [0.15, 0.2) is 0 Å². The topological polar surface area (TPSA) is 72.3 Å². The van der Waals surface area contributed by atoms with Crippen molar-refractivity contribution >= 4 is 5.91 Å². The number of nitrogens with two attached hydrogens (primary N) is 2. The van der Waals surface area contributed by atoms with Gasteiger partial charge in [-0.2, -0.15) is 0 Å². The van der Waals surface area contributed by atoms with Crippen molar-refractivity contribution in [1.29, 1.82) is 0 Å². The van der Waals surface area contributed by atoms with E-state index in [0.29, 0.717) is 13.0 Å². The highest BCUT2D eigenvalue weighted by molar-refractivity contribution is 5.77. The van der Waals surface area contributed by atoms with Crippen molar-refractivity contribution in [2.24, 2.45) is 11.5 Å². The maximum absolute atomic E-state index is 12.0. The second-order valence-corrected chi connectivity index (χ2v) is 4.61. The number of hydrogen-bond donors (Lipinski definition) is 2. The molecule has 0 aromatic heterocycles. The predicted octanol–water partition coefficient (Wildman–Crippen LogP) is 0.636. The number of benzene rings is 1. The van der Waals surface area contributed by atoms with Crippen LogP contribution in [0.5, 0.6) is 0 Å². The van der Waals surface area contributed by atoms with Gasteiger partial charge in [-0.05, 0) is 12.0 Å². The van der Waals surface area contributed by atoms with E-state index in [-0.39, 0.29) is 18.0 Å². The van der Waals surface area contributed by atoms with Crippen molar-refractivity contribution in [3.8, 4) is 0 Å². The van der Waals surface area contributed by atoms with Gasteiger partial charge < -0.3 is 16.4 Å². The summed E-state index contributed by atoms with van der Waals surface area (Å²) in [7, 11) is 0. The number of hydrogen-bond acceptors (Lipinski definition) is 3. The smallest absolute Gasteiger partial charge is 0.224 e. The van der Waals surface area contributed by atoms with Gasteiger partial charge in [0.2, 0.25) is 5.91 Å². The maximum atomic E-state index is 12.0. The lowest BCUT2D eigenvalue weighted by Crippen LogP contribution is -2.33. The Morgan fingerprint density at radius 3 is 2.71 bits per heavy atom. The normalized spacial score (nSPS) is 21.5. The van der Waals surface area contributed by atoms with Gasteiger partial charge in [-0.1, -0.05) is 30.3 Å². The van der Waals surface area contributed by atoms with Gasteiger partial charge in [-0.15, -0.1) is 0 Å². The highest BCUT2D eigenvalue weighted by Crippen LogP contribution is 2.16. The summed E-state index contributed by atoms with van der Waals surface area (Å²) in [6, 6.07) is 9.63. The van der Waals surface area contributed by atoms with Crippen LogP contribution in [0.25, 0.3) is 0 Å². The average Bonchev–Trinajstić information content (AvgIpc) is 2.77. The molecule has 17 heavy (non-hydrogen) atoms. The van der Waals surface area contributed by atoms with E-state index >= 15 is 0 Å². The first kappa shape index (κ1) is 12.1. The molecule has 4 heteroatoms. The largest absolute Gasteiger partial charge is 0.341 e. The third-order valence-electron chi connectivity index (χ3n) is 3.20. The number of rotatable bonds is 3. The van der Waals surface area contributed by atoms with E-state index < -0.39 is 0 Å². The lowest BCUT2D eigenvalue weighted by atomic mass is 10.0. The second kappa shape index (κ2) is 5.29. The minimum atomic E-state index is -0.222. The van der Waals surface area contributed by atoms with Crippen LogP contribution in [0.3, 0.4) is 0 Å². The Morgan fingerprint density at radius 2 is 2.12 bits per heavy atom. The second-order valence-electron chi connectivity index (χ2n) is 4.61. The number of nitrogens with zero attached hydrogens (tertiary/aromatic N) is 1. The van der Waals surface area contributed by atoms with E-state index in [4.69, 9.17) is 11.5 Å². The summed E-state index contributed by atoms with van der Waals surface area (Å²) in [6.45, 7) is 1.43. The molecule has 1 amide bonds. The van der Waals surface area contributed by atoms with E-state index in [1.165, 1.54) is 0 Å². The van der Waals surface area contributed by atoms with E-state index in [1.54, 1.807) is 0 Å². The molecule has 1 aliphatic heterocycles. The zero-order valence-corrected chi connectivity index (χ0v) is 9.88. The summed E-state index contributed by atoms with van der Waals surface area (Å²) >= 11 is 0. The predicted molar refractivity (Wildman–Crippen MR) is 67.2 cm³/mol. The standard InChI is InChI=1S/C13H19N3O/c14-11-6-7-16(9-11)13(17)8-12(15)10-4-2-1-3-5-10/h1-5,11-12H,6-9,14-15H2/t11-,12-/m1/s1. The summed E-state index contributed by atoms with van der Waals surface area (Å²) in [5, 5.41) is 0. The van der Waals surface area contributed by atoms with Crippen molar-refractivity contribution < 1.29 is 4.79 Å². The molecule has 1 aromatic rings. The van der Waals surface area contributed by atoms with Gasteiger partial charge in [0.25, 0.3) is 0 Å². The van der Waals surface area contributed by atoms with E-state index in [9.17, 15) is 4.79 Å². The van der Waals surface area contributed by atoms with Crippen LogP contribution < -0.4 is 11.5 Å². The summed E-state index contributed by atoms with van der Waals surface area (Å²) in [5.41, 5.74) is 12.8. The molecule has 1 heterocycles. The zero-order valence-electron chi connectivity index (χ0n) is 9.88. The molecular weight excluding hydrogens is 214 g/mol. The van der Waals surface area contributed by atoms with Crippen LogP contribution in [0.15, 0.2) is 30.3 Å². The fourth-order valence-electron chi connectivity index (χ4n) is 2.15. The average molecular weight is 233 g/mol. The van der Waals surface area contributed by atoms with Crippen molar-refractivity contribution in [1.82, 2.24) is 4.90 Å². The lowest BCUT2D eigenvalue weighted by Gasteiger charge is -2.18. The molecule has 0 unspecified atom stereocenters. The fraction of sp³-hybridized carbons (Fsp3) is 0.462. The summed E-state index contributed by atoms with van der Waals surface area (Å²) in [5.74, 6) is 0.106. The summed E-state index contributed by atoms with van der Waals surface area (Å²) < 4.78 is 0. The minimum absolute atomic E-state index is 0.106. The highest BCUT2D eigenvalue weighted by Gasteiger charge is 2.24. The number of carbonyl (C=O) groups excluding carboxylic acids is 1. The third-order valence-corrected chi connectivity index (χ3v) is 3.20. The van der Waals surface area contributed by atoms with Crippen molar-refractivity contribution in [3.63, 3.8) is 0 Å². The SMILES string of the molecule is N[C@@H]1CCN(C(=O)C[C@@H](N)c2ccccc2)C1. The quantitative estimate of drug-likeness (QED) is 0.804. The Labute approximate surface area is 102 Å². The van der Waals surface area contributed by atoms with E-state index in [2.05, 4.69) is 0 Å². The first-order valence-electron chi connectivity index (χ1n) is 6.00. The molecule has 0 radical (unpaired) electrons. The minimum Gasteiger partial charge on any atom is -0.341 e. The molecule has 0 saturated carbocycles. The fourth-order valence-corrected chi connectivity index (χ4v) is 2.15. The van der Waals surface area contributed by atoms with Crippen LogP contribution in [0, 0.1) is 0 Å². The third kappa shape index (κ3) is 3.05. The molecule has 1 saturated heterocycles. The van der Waals surface area contributed by atoms with Crippen LogP contribution in [0.1, 0.15) is 24.4 Å². The number of amides is 1. The number of likely N-dealkylation sites (tertiary alicyclic amines) is 1. The van der Waals surface area contributed by atoms with Crippen LogP contribution >= 0.6 is 0 Å². The molecule has 1 aliphatic rings. The van der Waals surface area contributed by atoms with Gasteiger partial charge >= 0.3 is 0 Å². The molecule has 0 spiro atoms. The first-order valence-corrected chi connectivity index (χ1v) is 6.00. The Balaban J connectivity index is 1.91. The zero-order chi connectivity index (χ0) is 12.3. The molecule has 1 fully saturated rings. The van der Waals surface area contributed by atoms with Gasteiger partial charge in [0, 0.05) is 31.6 Å². The van der Waals surface area contributed by atoms with Gasteiger partial charge in [0.05, 0.1) is 0 Å². The molecule has 1 aromatic carbocycles. The Hall–Kier alpha value is -1.39. The highest BCUT2D eigenvalue weighted by atomic mass is 16.2. The Kier molecular flexibility index (Phi) is 3.76. The molecule has 0 bridgehead atoms. The monoisotopic (exact) mass is 233 g/mol. The van der Waals surface area contributed by atoms with Crippen molar-refractivity contribution in [2.75, 3.05) is 13.1 Å². The molecule has 0 aliphatic carbocycles. The van der Waals surface area contributed by atoms with E-state index in [1.807, 2.05) is 35.2 Å². The van der Waals surface area contributed by atoms with Gasteiger partial charge in [0.1, 0.15) is 0 Å². The van der Waals surface area contributed by atoms with Crippen molar-refractivity contribution in [3.05, 3.63) is 35.9 Å². The van der Waals surface area contributed by atoms with Gasteiger partial charge in [-0.25, -0.2) is 0 Å².